The van der Waals surface area contributed by atoms with Gasteiger partial charge in [0.1, 0.15) is 11.4 Å². The van der Waals surface area contributed by atoms with Crippen molar-refractivity contribution in [2.75, 3.05) is 23.3 Å². The quantitative estimate of drug-likeness (QED) is 0.659. The summed E-state index contributed by atoms with van der Waals surface area (Å²) in [5.41, 5.74) is 1.58. The van der Waals surface area contributed by atoms with Crippen molar-refractivity contribution in [2.24, 2.45) is 5.92 Å². The highest BCUT2D eigenvalue weighted by Gasteiger charge is 2.32. The molecule has 0 bridgehead atoms. The third kappa shape index (κ3) is 2.86. The highest BCUT2D eigenvalue weighted by Crippen LogP contribution is 2.39. The van der Waals surface area contributed by atoms with Gasteiger partial charge in [-0.05, 0) is 37.8 Å². The normalized spacial score (nSPS) is 22.1. The van der Waals surface area contributed by atoms with Gasteiger partial charge in [0.25, 0.3) is 0 Å². The topological polar surface area (TPSA) is 58.4 Å². The molecule has 1 aliphatic heterocycles. The summed E-state index contributed by atoms with van der Waals surface area (Å²) in [5.74, 6) is 0.580. The van der Waals surface area contributed by atoms with Crippen LogP contribution in [0.4, 0.5) is 17.1 Å². The maximum atomic E-state index is 11.5. The minimum absolute atomic E-state index is 0.210. The summed E-state index contributed by atoms with van der Waals surface area (Å²) >= 11 is 0. The molecule has 20 heavy (non-hydrogen) atoms. The van der Waals surface area contributed by atoms with E-state index in [1.54, 1.807) is 6.07 Å². The Morgan fingerprint density at radius 3 is 2.75 bits per heavy atom. The van der Waals surface area contributed by atoms with Crippen molar-refractivity contribution >= 4 is 17.1 Å². The van der Waals surface area contributed by atoms with Crippen LogP contribution in [0, 0.1) is 16.0 Å². The van der Waals surface area contributed by atoms with Crippen LogP contribution in [0.15, 0.2) is 18.2 Å². The predicted octanol–water partition coefficient (Wildman–Crippen LogP) is 3.65. The van der Waals surface area contributed by atoms with Gasteiger partial charge in [-0.15, -0.1) is 0 Å². The largest absolute Gasteiger partial charge is 0.379 e. The fourth-order valence-corrected chi connectivity index (χ4v) is 2.99. The Balaban J connectivity index is 2.39. The number of nitro benzene ring substituents is 1. The second-order valence-electron chi connectivity index (χ2n) is 5.70. The zero-order valence-electron chi connectivity index (χ0n) is 12.4. The van der Waals surface area contributed by atoms with Gasteiger partial charge in [0.2, 0.25) is 0 Å². The summed E-state index contributed by atoms with van der Waals surface area (Å²) in [6, 6.07) is 5.91. The maximum absolute atomic E-state index is 11.5. The first-order valence-electron chi connectivity index (χ1n) is 7.32. The molecule has 0 radical (unpaired) electrons. The van der Waals surface area contributed by atoms with Crippen molar-refractivity contribution in [3.8, 4) is 0 Å². The molecule has 1 heterocycles. The first-order chi connectivity index (χ1) is 9.54. The molecule has 1 saturated heterocycles. The van der Waals surface area contributed by atoms with E-state index < -0.39 is 0 Å². The van der Waals surface area contributed by atoms with Gasteiger partial charge in [-0.2, -0.15) is 0 Å². The van der Waals surface area contributed by atoms with E-state index in [2.05, 4.69) is 24.1 Å². The standard InChI is InChI=1S/C15H23N3O2/c1-4-8-16-13-6-5-7-14(15(13)18(19)20)17-10-11(2)9-12(17)3/h5-7,11-12,16H,4,8-10H2,1-3H3. The first kappa shape index (κ1) is 14.6. The average Bonchev–Trinajstić information content (AvgIpc) is 2.74. The Hall–Kier alpha value is -1.78. The molecular formula is C15H23N3O2. The van der Waals surface area contributed by atoms with E-state index in [1.165, 1.54) is 0 Å². The van der Waals surface area contributed by atoms with Gasteiger partial charge in [0.05, 0.1) is 4.92 Å². The summed E-state index contributed by atoms with van der Waals surface area (Å²) in [6.45, 7) is 8.02. The Labute approximate surface area is 120 Å². The minimum atomic E-state index is -0.261. The fourth-order valence-electron chi connectivity index (χ4n) is 2.99. The second kappa shape index (κ2) is 6.11. The molecule has 1 aromatic rings. The van der Waals surface area contributed by atoms with Crippen LogP contribution in [-0.4, -0.2) is 24.1 Å². The van der Waals surface area contributed by atoms with E-state index in [0.717, 1.165) is 31.6 Å². The molecule has 0 aromatic heterocycles. The molecular weight excluding hydrogens is 254 g/mol. The van der Waals surface area contributed by atoms with Crippen LogP contribution in [0.25, 0.3) is 0 Å². The lowest BCUT2D eigenvalue weighted by atomic mass is 10.1. The van der Waals surface area contributed by atoms with Crippen molar-refractivity contribution < 1.29 is 4.92 Å². The second-order valence-corrected chi connectivity index (χ2v) is 5.70. The lowest BCUT2D eigenvalue weighted by Gasteiger charge is -2.24. The molecule has 1 aromatic carbocycles. The molecule has 110 valence electrons. The van der Waals surface area contributed by atoms with E-state index >= 15 is 0 Å². The molecule has 5 heteroatoms. The maximum Gasteiger partial charge on any atom is 0.315 e. The number of nitro groups is 1. The van der Waals surface area contributed by atoms with E-state index in [0.29, 0.717) is 17.6 Å². The van der Waals surface area contributed by atoms with Crippen molar-refractivity contribution in [1.29, 1.82) is 0 Å². The number of nitrogens with one attached hydrogen (secondary N) is 1. The highest BCUT2D eigenvalue weighted by molar-refractivity contribution is 5.77. The van der Waals surface area contributed by atoms with Gasteiger partial charge in [-0.1, -0.05) is 19.9 Å². The number of benzene rings is 1. The van der Waals surface area contributed by atoms with Gasteiger partial charge in [0, 0.05) is 19.1 Å². The predicted molar refractivity (Wildman–Crippen MR) is 82.5 cm³/mol. The molecule has 2 unspecified atom stereocenters. The summed E-state index contributed by atoms with van der Waals surface area (Å²) in [5, 5.41) is 14.7. The van der Waals surface area contributed by atoms with E-state index in [4.69, 9.17) is 0 Å². The monoisotopic (exact) mass is 277 g/mol. The zero-order valence-corrected chi connectivity index (χ0v) is 12.4. The summed E-state index contributed by atoms with van der Waals surface area (Å²) in [4.78, 5) is 13.4. The SMILES string of the molecule is CCCNc1cccc(N2CC(C)CC2C)c1[N+](=O)[O-]. The van der Waals surface area contributed by atoms with Crippen molar-refractivity contribution in [2.45, 2.75) is 39.7 Å². The molecule has 5 nitrogen and oxygen atoms in total. The zero-order chi connectivity index (χ0) is 14.7. The van der Waals surface area contributed by atoms with Crippen LogP contribution >= 0.6 is 0 Å². The Kier molecular flexibility index (Phi) is 4.47. The van der Waals surface area contributed by atoms with Crippen LogP contribution in [0.2, 0.25) is 0 Å². The Morgan fingerprint density at radius 1 is 1.45 bits per heavy atom. The number of anilines is 2. The van der Waals surface area contributed by atoms with Crippen LogP contribution in [0.5, 0.6) is 0 Å². The number of nitrogens with zero attached hydrogens (tertiary/aromatic N) is 2. The van der Waals surface area contributed by atoms with Crippen LogP contribution < -0.4 is 10.2 Å². The van der Waals surface area contributed by atoms with Crippen LogP contribution in [0.3, 0.4) is 0 Å². The number of rotatable bonds is 5. The minimum Gasteiger partial charge on any atom is -0.379 e. The molecule has 0 saturated carbocycles. The third-order valence-corrected chi connectivity index (χ3v) is 3.86. The average molecular weight is 277 g/mol. The van der Waals surface area contributed by atoms with Crippen molar-refractivity contribution in [1.82, 2.24) is 0 Å². The van der Waals surface area contributed by atoms with E-state index in [-0.39, 0.29) is 10.6 Å². The van der Waals surface area contributed by atoms with Crippen LogP contribution in [0.1, 0.15) is 33.6 Å². The smallest absolute Gasteiger partial charge is 0.315 e. The number of hydrogen-bond acceptors (Lipinski definition) is 4. The lowest BCUT2D eigenvalue weighted by Crippen LogP contribution is -2.27. The molecule has 1 fully saturated rings. The van der Waals surface area contributed by atoms with Crippen molar-refractivity contribution in [3.63, 3.8) is 0 Å². The van der Waals surface area contributed by atoms with Gasteiger partial charge in [-0.3, -0.25) is 10.1 Å². The molecule has 2 rings (SSSR count). The molecule has 1 aliphatic rings. The van der Waals surface area contributed by atoms with Gasteiger partial charge in [-0.25, -0.2) is 0 Å². The molecule has 0 amide bonds. The van der Waals surface area contributed by atoms with Gasteiger partial charge in [0.15, 0.2) is 0 Å². The van der Waals surface area contributed by atoms with Gasteiger partial charge >= 0.3 is 5.69 Å². The highest BCUT2D eigenvalue weighted by atomic mass is 16.6. The summed E-state index contributed by atoms with van der Waals surface area (Å²) in [7, 11) is 0. The molecule has 1 N–H and O–H groups in total. The van der Waals surface area contributed by atoms with Crippen LogP contribution in [-0.2, 0) is 0 Å². The summed E-state index contributed by atoms with van der Waals surface area (Å²) < 4.78 is 0. The Morgan fingerprint density at radius 2 is 2.20 bits per heavy atom. The molecule has 0 spiro atoms. The Bertz CT molecular complexity index is 490. The molecule has 2 atom stereocenters. The number of hydrogen-bond donors (Lipinski definition) is 1. The van der Waals surface area contributed by atoms with E-state index in [9.17, 15) is 10.1 Å². The first-order valence-corrected chi connectivity index (χ1v) is 7.32. The lowest BCUT2D eigenvalue weighted by molar-refractivity contribution is -0.383. The van der Waals surface area contributed by atoms with Gasteiger partial charge < -0.3 is 10.2 Å². The molecule has 0 aliphatic carbocycles. The fraction of sp³-hybridized carbons (Fsp3) is 0.600. The number of para-hydroxylation sites is 1. The summed E-state index contributed by atoms with van der Waals surface area (Å²) in [6.07, 6.45) is 2.03. The van der Waals surface area contributed by atoms with E-state index in [1.807, 2.05) is 19.1 Å². The van der Waals surface area contributed by atoms with Crippen molar-refractivity contribution in [3.05, 3.63) is 28.3 Å². The third-order valence-electron chi connectivity index (χ3n) is 3.86.